The molecule has 2 aromatic rings. The van der Waals surface area contributed by atoms with Gasteiger partial charge < -0.3 is 14.7 Å². The molecule has 1 saturated heterocycles. The highest BCUT2D eigenvalue weighted by Crippen LogP contribution is 2.33. The number of nitrogens with one attached hydrogen (secondary N) is 1. The molecule has 7 nitrogen and oxygen atoms in total. The van der Waals surface area contributed by atoms with Gasteiger partial charge in [-0.2, -0.15) is 9.97 Å². The molecule has 2 fully saturated rings. The predicted octanol–water partition coefficient (Wildman–Crippen LogP) is 5.76. The second-order valence-corrected chi connectivity index (χ2v) is 9.30. The van der Waals surface area contributed by atoms with Crippen molar-refractivity contribution in [3.8, 4) is 0 Å². The van der Waals surface area contributed by atoms with Crippen LogP contribution in [0.25, 0.3) is 11.2 Å². The number of fused-ring (bicyclic) bond motifs is 1. The van der Waals surface area contributed by atoms with Gasteiger partial charge in [-0.05, 0) is 50.6 Å². The lowest BCUT2D eigenvalue weighted by Gasteiger charge is -2.40. The fourth-order valence-electron chi connectivity index (χ4n) is 5.23. The Hall–Kier alpha value is -1.44. The van der Waals surface area contributed by atoms with Crippen molar-refractivity contribution in [2.24, 2.45) is 0 Å². The van der Waals surface area contributed by atoms with E-state index in [0.29, 0.717) is 17.9 Å². The molecule has 0 amide bonds. The van der Waals surface area contributed by atoms with Crippen molar-refractivity contribution in [2.75, 3.05) is 18.6 Å². The Morgan fingerprint density at radius 2 is 1.94 bits per heavy atom. The van der Waals surface area contributed by atoms with Gasteiger partial charge in [0.15, 0.2) is 17.0 Å². The number of anilines is 1. The number of imidazole rings is 1. The van der Waals surface area contributed by atoms with Crippen molar-refractivity contribution in [3.05, 3.63) is 11.6 Å². The Morgan fingerprint density at radius 3 is 2.71 bits per heavy atom. The maximum atomic E-state index is 6.36. The first-order chi connectivity index (χ1) is 15.2. The average molecular weight is 449 g/mol. The van der Waals surface area contributed by atoms with Gasteiger partial charge in [0.2, 0.25) is 5.28 Å². The van der Waals surface area contributed by atoms with Gasteiger partial charge in [0.1, 0.15) is 0 Å². The summed E-state index contributed by atoms with van der Waals surface area (Å²) in [5, 5.41) is 2.59. The molecule has 1 N–H and O–H groups in total. The summed E-state index contributed by atoms with van der Waals surface area (Å²) in [5.41, 5.74) is 5.24. The molecular formula is C23H37ClN6O. The van der Waals surface area contributed by atoms with Crippen LogP contribution >= 0.6 is 11.6 Å². The minimum atomic E-state index is 0.230. The number of piperidine rings is 1. The van der Waals surface area contributed by atoms with E-state index in [0.717, 1.165) is 43.6 Å². The maximum Gasteiger partial charge on any atom is 0.226 e. The van der Waals surface area contributed by atoms with E-state index in [1.165, 1.54) is 51.4 Å². The molecule has 4 rings (SSSR count). The topological polar surface area (TPSA) is 68.1 Å². The molecule has 0 spiro atoms. The molecule has 2 aliphatic rings. The third-order valence-corrected chi connectivity index (χ3v) is 6.98. The number of nitrogens with zero attached hydrogens (tertiary/aromatic N) is 5. The quantitative estimate of drug-likeness (QED) is 0.368. The number of hydrogen-bond donors (Lipinski definition) is 1. The number of hydrogen-bond acceptors (Lipinski definition) is 6. The SMILES string of the molecule is CCCCCC(OCC)C1CCCCN1Nc1nc(Cl)nc2c1ncn2C1CCCC1. The number of hydrazine groups is 1. The van der Waals surface area contributed by atoms with Crippen molar-refractivity contribution < 1.29 is 4.74 Å². The Morgan fingerprint density at radius 1 is 1.13 bits per heavy atom. The molecule has 3 heterocycles. The monoisotopic (exact) mass is 448 g/mol. The van der Waals surface area contributed by atoms with Crippen molar-refractivity contribution in [1.29, 1.82) is 0 Å². The lowest BCUT2D eigenvalue weighted by molar-refractivity contribution is -0.0208. The summed E-state index contributed by atoms with van der Waals surface area (Å²) < 4.78 is 8.42. The molecule has 2 aromatic heterocycles. The minimum absolute atomic E-state index is 0.230. The zero-order valence-electron chi connectivity index (χ0n) is 19.0. The highest BCUT2D eigenvalue weighted by molar-refractivity contribution is 6.28. The molecule has 172 valence electrons. The van der Waals surface area contributed by atoms with E-state index >= 15 is 0 Å². The standard InChI is InChI=1S/C23H37ClN6O/c1-3-5-6-14-19(31-4-2)18-13-9-10-15-30(18)28-21-20-22(27-23(24)26-21)29(16-25-20)17-11-7-8-12-17/h16-19H,3-15H2,1-2H3,(H,26,27,28). The van der Waals surface area contributed by atoms with E-state index in [1.54, 1.807) is 0 Å². The number of rotatable bonds is 10. The van der Waals surface area contributed by atoms with Crippen LogP contribution in [0.3, 0.4) is 0 Å². The molecule has 8 heteroatoms. The Bertz CT molecular complexity index is 837. The molecular weight excluding hydrogens is 412 g/mol. The van der Waals surface area contributed by atoms with E-state index in [-0.39, 0.29) is 11.4 Å². The van der Waals surface area contributed by atoms with Crippen molar-refractivity contribution in [1.82, 2.24) is 24.5 Å². The van der Waals surface area contributed by atoms with Gasteiger partial charge >= 0.3 is 0 Å². The zero-order valence-corrected chi connectivity index (χ0v) is 19.8. The largest absolute Gasteiger partial charge is 0.377 e. The Balaban J connectivity index is 1.57. The fraction of sp³-hybridized carbons (Fsp3) is 0.783. The smallest absolute Gasteiger partial charge is 0.226 e. The van der Waals surface area contributed by atoms with Crippen LogP contribution in [0, 0.1) is 0 Å². The molecule has 1 saturated carbocycles. The number of unbranched alkanes of at least 4 members (excludes halogenated alkanes) is 2. The fourth-order valence-corrected chi connectivity index (χ4v) is 5.40. The number of aromatic nitrogens is 4. The minimum Gasteiger partial charge on any atom is -0.377 e. The van der Waals surface area contributed by atoms with E-state index in [2.05, 4.69) is 38.8 Å². The van der Waals surface area contributed by atoms with Crippen LogP contribution in [-0.2, 0) is 4.74 Å². The van der Waals surface area contributed by atoms with Crippen LogP contribution < -0.4 is 5.43 Å². The van der Waals surface area contributed by atoms with E-state index in [4.69, 9.17) is 21.3 Å². The molecule has 1 aliphatic heterocycles. The Labute approximate surface area is 190 Å². The highest BCUT2D eigenvalue weighted by Gasteiger charge is 2.31. The molecule has 0 bridgehead atoms. The third kappa shape index (κ3) is 5.32. The van der Waals surface area contributed by atoms with Crippen LogP contribution in [0.4, 0.5) is 5.82 Å². The van der Waals surface area contributed by atoms with Crippen LogP contribution in [0.2, 0.25) is 5.28 Å². The molecule has 31 heavy (non-hydrogen) atoms. The molecule has 0 radical (unpaired) electrons. The summed E-state index contributed by atoms with van der Waals surface area (Å²) in [5.74, 6) is 0.711. The van der Waals surface area contributed by atoms with Crippen molar-refractivity contribution in [2.45, 2.75) is 103 Å². The van der Waals surface area contributed by atoms with Crippen LogP contribution in [0.1, 0.15) is 90.5 Å². The molecule has 2 unspecified atom stereocenters. The normalized spacial score (nSPS) is 21.7. The summed E-state index contributed by atoms with van der Waals surface area (Å²) in [7, 11) is 0. The van der Waals surface area contributed by atoms with Gasteiger partial charge in [0, 0.05) is 19.2 Å². The van der Waals surface area contributed by atoms with Crippen LogP contribution in [-0.4, -0.2) is 49.8 Å². The zero-order chi connectivity index (χ0) is 21.6. The summed E-state index contributed by atoms with van der Waals surface area (Å²) >= 11 is 6.36. The van der Waals surface area contributed by atoms with Gasteiger partial charge in [0.05, 0.1) is 18.5 Å². The van der Waals surface area contributed by atoms with Crippen LogP contribution in [0.15, 0.2) is 6.33 Å². The number of ether oxygens (including phenoxy) is 1. The van der Waals surface area contributed by atoms with Crippen LogP contribution in [0.5, 0.6) is 0 Å². The molecule has 1 aliphatic carbocycles. The summed E-state index contributed by atoms with van der Waals surface area (Å²) in [6.45, 7) is 6.06. The molecule has 2 atom stereocenters. The van der Waals surface area contributed by atoms with Gasteiger partial charge in [-0.1, -0.05) is 45.4 Å². The second-order valence-electron chi connectivity index (χ2n) is 8.96. The first-order valence-corrected chi connectivity index (χ1v) is 12.6. The lowest BCUT2D eigenvalue weighted by atomic mass is 9.95. The van der Waals surface area contributed by atoms with E-state index < -0.39 is 0 Å². The van der Waals surface area contributed by atoms with Gasteiger partial charge in [0.25, 0.3) is 0 Å². The predicted molar refractivity (Wildman–Crippen MR) is 125 cm³/mol. The van der Waals surface area contributed by atoms with Crippen molar-refractivity contribution >= 4 is 28.6 Å². The first kappa shape index (κ1) is 22.7. The van der Waals surface area contributed by atoms with Gasteiger partial charge in [-0.15, -0.1) is 0 Å². The maximum absolute atomic E-state index is 6.36. The number of halogens is 1. The third-order valence-electron chi connectivity index (χ3n) is 6.81. The lowest BCUT2D eigenvalue weighted by Crippen LogP contribution is -2.50. The van der Waals surface area contributed by atoms with Gasteiger partial charge in [-0.25, -0.2) is 9.99 Å². The van der Waals surface area contributed by atoms with E-state index in [1.807, 2.05) is 6.33 Å². The van der Waals surface area contributed by atoms with Crippen molar-refractivity contribution in [3.63, 3.8) is 0 Å². The Kier molecular flexibility index (Phi) is 8.02. The summed E-state index contributed by atoms with van der Waals surface area (Å²) in [6.07, 6.45) is 15.3. The highest BCUT2D eigenvalue weighted by atomic mass is 35.5. The first-order valence-electron chi connectivity index (χ1n) is 12.3. The van der Waals surface area contributed by atoms with Gasteiger partial charge in [-0.3, -0.25) is 0 Å². The molecule has 0 aromatic carbocycles. The van der Waals surface area contributed by atoms with E-state index in [9.17, 15) is 0 Å². The summed E-state index contributed by atoms with van der Waals surface area (Å²) in [6, 6.07) is 0.790. The summed E-state index contributed by atoms with van der Waals surface area (Å²) in [4.78, 5) is 13.8. The second kappa shape index (κ2) is 10.9. The average Bonchev–Trinajstić information content (AvgIpc) is 3.43.